The minimum Gasteiger partial charge on any atom is -0.481 e. The molecule has 3 nitrogen and oxygen atoms in total. The molecule has 0 bridgehead atoms. The molecule has 0 aliphatic rings. The number of carbonyl (C=O) groups excluding carboxylic acids is 1. The van der Waals surface area contributed by atoms with Gasteiger partial charge in [-0.3, -0.25) is 4.79 Å². The smallest absolute Gasteiger partial charge is 0.260 e. The first-order chi connectivity index (χ1) is 12.1. The molecule has 0 aliphatic heterocycles. The van der Waals surface area contributed by atoms with E-state index in [0.717, 1.165) is 29.2 Å². The van der Waals surface area contributed by atoms with Crippen molar-refractivity contribution in [3.63, 3.8) is 0 Å². The summed E-state index contributed by atoms with van der Waals surface area (Å²) in [5.74, 6) is 2.58. The van der Waals surface area contributed by atoms with Crippen molar-refractivity contribution in [1.82, 2.24) is 5.32 Å². The monoisotopic (exact) mass is 357 g/mol. The first-order valence-corrected chi connectivity index (χ1v) is 9.91. The zero-order valence-corrected chi connectivity index (χ0v) is 16.1. The number of amides is 1. The Morgan fingerprint density at radius 2 is 1.88 bits per heavy atom. The number of nitrogens with one attached hydrogen (secondary N) is 1. The van der Waals surface area contributed by atoms with Gasteiger partial charge in [-0.2, -0.15) is 11.8 Å². The molecule has 0 aromatic heterocycles. The maximum absolute atomic E-state index is 12.2. The molecule has 4 heteroatoms. The molecule has 2 rings (SSSR count). The first-order valence-electron chi connectivity index (χ1n) is 8.75. The van der Waals surface area contributed by atoms with E-state index in [4.69, 9.17) is 4.74 Å². The normalized spacial score (nSPS) is 11.8. The van der Waals surface area contributed by atoms with Crippen LogP contribution in [-0.2, 0) is 17.0 Å². The minimum atomic E-state index is -0.491. The Balaban J connectivity index is 1.68. The van der Waals surface area contributed by atoms with Crippen molar-refractivity contribution in [3.8, 4) is 5.75 Å². The molecule has 25 heavy (non-hydrogen) atoms. The summed E-state index contributed by atoms with van der Waals surface area (Å²) in [4.78, 5) is 12.2. The predicted molar refractivity (Wildman–Crippen MR) is 106 cm³/mol. The van der Waals surface area contributed by atoms with Gasteiger partial charge in [0.2, 0.25) is 0 Å². The second-order valence-electron chi connectivity index (χ2n) is 6.05. The van der Waals surface area contributed by atoms with Crippen LogP contribution in [0, 0.1) is 6.92 Å². The number of thioether (sulfide) groups is 1. The number of benzene rings is 2. The van der Waals surface area contributed by atoms with Gasteiger partial charge < -0.3 is 10.1 Å². The molecule has 0 spiro atoms. The summed E-state index contributed by atoms with van der Waals surface area (Å²) < 4.78 is 5.82. The fourth-order valence-electron chi connectivity index (χ4n) is 2.42. The van der Waals surface area contributed by atoms with Crippen molar-refractivity contribution in [1.29, 1.82) is 0 Å². The first kappa shape index (κ1) is 19.4. The van der Waals surface area contributed by atoms with Crippen LogP contribution in [-0.4, -0.2) is 24.3 Å². The zero-order valence-electron chi connectivity index (χ0n) is 15.2. The van der Waals surface area contributed by atoms with Crippen LogP contribution in [0.2, 0.25) is 0 Å². The summed E-state index contributed by atoms with van der Waals surface area (Å²) in [7, 11) is 0. The second-order valence-corrected chi connectivity index (χ2v) is 7.16. The summed E-state index contributed by atoms with van der Waals surface area (Å²) in [6.45, 7) is 6.62. The predicted octanol–water partition coefficient (Wildman–Crippen LogP) is 4.37. The van der Waals surface area contributed by atoms with E-state index >= 15 is 0 Å². The van der Waals surface area contributed by atoms with Crippen molar-refractivity contribution in [3.05, 3.63) is 65.2 Å². The molecule has 1 atom stereocenters. The van der Waals surface area contributed by atoms with Gasteiger partial charge in [-0.15, -0.1) is 0 Å². The molecule has 2 aromatic carbocycles. The maximum atomic E-state index is 12.2. The van der Waals surface area contributed by atoms with E-state index < -0.39 is 6.10 Å². The molecule has 1 amide bonds. The molecule has 134 valence electrons. The SMILES string of the molecule is CCc1ccccc1OC(C)C(=O)NCCSCc1ccc(C)cc1. The fraction of sp³-hybridized carbons (Fsp3) is 0.381. The van der Waals surface area contributed by atoms with Gasteiger partial charge in [-0.1, -0.05) is 55.0 Å². The number of ether oxygens (including phenoxy) is 1. The molecule has 0 saturated heterocycles. The van der Waals surface area contributed by atoms with E-state index in [1.807, 2.05) is 36.0 Å². The lowest BCUT2D eigenvalue weighted by Crippen LogP contribution is -2.37. The van der Waals surface area contributed by atoms with Crippen LogP contribution in [0.4, 0.5) is 0 Å². The molecular formula is C21H27NO2S. The Bertz CT molecular complexity index is 670. The highest BCUT2D eigenvalue weighted by Gasteiger charge is 2.15. The minimum absolute atomic E-state index is 0.0677. The van der Waals surface area contributed by atoms with Crippen molar-refractivity contribution >= 4 is 17.7 Å². The van der Waals surface area contributed by atoms with Crippen LogP contribution in [0.1, 0.15) is 30.5 Å². The molecule has 1 N–H and O–H groups in total. The van der Waals surface area contributed by atoms with E-state index in [9.17, 15) is 4.79 Å². The Hall–Kier alpha value is -1.94. The average Bonchev–Trinajstić information content (AvgIpc) is 2.63. The topological polar surface area (TPSA) is 38.3 Å². The Morgan fingerprint density at radius 3 is 2.60 bits per heavy atom. The highest BCUT2D eigenvalue weighted by Crippen LogP contribution is 2.19. The number of hydrogen-bond donors (Lipinski definition) is 1. The third-order valence-corrected chi connectivity index (χ3v) is 4.99. The van der Waals surface area contributed by atoms with E-state index in [-0.39, 0.29) is 5.91 Å². The van der Waals surface area contributed by atoms with Crippen LogP contribution >= 0.6 is 11.8 Å². The molecule has 0 heterocycles. The average molecular weight is 358 g/mol. The molecule has 2 aromatic rings. The lowest BCUT2D eigenvalue weighted by atomic mass is 10.1. The molecule has 1 unspecified atom stereocenters. The van der Waals surface area contributed by atoms with E-state index in [1.165, 1.54) is 11.1 Å². The summed E-state index contributed by atoms with van der Waals surface area (Å²) >= 11 is 1.82. The highest BCUT2D eigenvalue weighted by atomic mass is 32.2. The Labute approximate surface area is 155 Å². The number of aryl methyl sites for hydroxylation is 2. The lowest BCUT2D eigenvalue weighted by Gasteiger charge is -2.16. The van der Waals surface area contributed by atoms with Gasteiger partial charge in [0.05, 0.1) is 0 Å². The molecule has 0 radical (unpaired) electrons. The second kappa shape index (κ2) is 10.1. The van der Waals surface area contributed by atoms with Crippen molar-refractivity contribution in [2.75, 3.05) is 12.3 Å². The van der Waals surface area contributed by atoms with Crippen molar-refractivity contribution in [2.45, 2.75) is 39.0 Å². The van der Waals surface area contributed by atoms with Gasteiger partial charge in [-0.25, -0.2) is 0 Å². The van der Waals surface area contributed by atoms with Gasteiger partial charge in [0.1, 0.15) is 5.75 Å². The third-order valence-electron chi connectivity index (χ3n) is 3.96. The van der Waals surface area contributed by atoms with Crippen LogP contribution in [0.5, 0.6) is 5.75 Å². The van der Waals surface area contributed by atoms with Crippen molar-refractivity contribution < 1.29 is 9.53 Å². The molecular weight excluding hydrogens is 330 g/mol. The molecule has 0 saturated carbocycles. The Kier molecular flexibility index (Phi) is 7.86. The van der Waals surface area contributed by atoms with E-state index in [1.54, 1.807) is 6.92 Å². The number of para-hydroxylation sites is 1. The van der Waals surface area contributed by atoms with Crippen LogP contribution < -0.4 is 10.1 Å². The third kappa shape index (κ3) is 6.46. The lowest BCUT2D eigenvalue weighted by molar-refractivity contribution is -0.127. The van der Waals surface area contributed by atoms with Crippen LogP contribution in [0.15, 0.2) is 48.5 Å². The van der Waals surface area contributed by atoms with Gasteiger partial charge in [0, 0.05) is 18.1 Å². The van der Waals surface area contributed by atoms with Gasteiger partial charge in [-0.05, 0) is 37.5 Å². The van der Waals surface area contributed by atoms with Gasteiger partial charge >= 0.3 is 0 Å². The van der Waals surface area contributed by atoms with Gasteiger partial charge in [0.15, 0.2) is 6.10 Å². The Morgan fingerprint density at radius 1 is 1.16 bits per heavy atom. The standard InChI is InChI=1S/C21H27NO2S/c1-4-19-7-5-6-8-20(19)24-17(3)21(23)22-13-14-25-15-18-11-9-16(2)10-12-18/h5-12,17H,4,13-15H2,1-3H3,(H,22,23). The maximum Gasteiger partial charge on any atom is 0.260 e. The summed E-state index contributed by atoms with van der Waals surface area (Å²) in [5, 5.41) is 2.95. The molecule has 0 aliphatic carbocycles. The zero-order chi connectivity index (χ0) is 18.1. The van der Waals surface area contributed by atoms with Crippen LogP contribution in [0.3, 0.4) is 0 Å². The summed E-state index contributed by atoms with van der Waals surface area (Å²) in [6.07, 6.45) is 0.398. The number of hydrogen-bond acceptors (Lipinski definition) is 3. The quantitative estimate of drug-likeness (QED) is 0.677. The van der Waals surface area contributed by atoms with E-state index in [0.29, 0.717) is 6.54 Å². The van der Waals surface area contributed by atoms with Gasteiger partial charge in [0.25, 0.3) is 5.91 Å². The largest absolute Gasteiger partial charge is 0.481 e. The van der Waals surface area contributed by atoms with Crippen LogP contribution in [0.25, 0.3) is 0 Å². The molecule has 0 fully saturated rings. The highest BCUT2D eigenvalue weighted by molar-refractivity contribution is 7.98. The fourth-order valence-corrected chi connectivity index (χ4v) is 3.24. The number of carbonyl (C=O) groups is 1. The van der Waals surface area contributed by atoms with E-state index in [2.05, 4.69) is 43.4 Å². The summed E-state index contributed by atoms with van der Waals surface area (Å²) in [6, 6.07) is 16.4. The summed E-state index contributed by atoms with van der Waals surface area (Å²) in [5.41, 5.74) is 3.71. The number of rotatable bonds is 9. The van der Waals surface area contributed by atoms with Crippen molar-refractivity contribution in [2.24, 2.45) is 0 Å².